The molecule has 0 saturated heterocycles. The number of phosphoric ester groups is 1. The number of aliphatic hydroxyl groups excluding tert-OH is 5. The first-order valence-electron chi connectivity index (χ1n) is 21.6. The summed E-state index contributed by atoms with van der Waals surface area (Å²) in [4.78, 5) is 35.6. The zero-order valence-electron chi connectivity index (χ0n) is 34.4. The van der Waals surface area contributed by atoms with Crippen molar-refractivity contribution in [2.75, 3.05) is 13.2 Å². The van der Waals surface area contributed by atoms with E-state index in [1.54, 1.807) is 0 Å². The van der Waals surface area contributed by atoms with Gasteiger partial charge in [-0.25, -0.2) is 4.57 Å². The van der Waals surface area contributed by atoms with Crippen LogP contribution in [-0.2, 0) is 32.7 Å². The van der Waals surface area contributed by atoms with Crippen LogP contribution in [0, 0.1) is 0 Å². The van der Waals surface area contributed by atoms with Crippen molar-refractivity contribution in [3.05, 3.63) is 24.3 Å². The molecule has 14 heteroatoms. The van der Waals surface area contributed by atoms with E-state index in [0.717, 1.165) is 64.2 Å². The van der Waals surface area contributed by atoms with Gasteiger partial charge in [-0.1, -0.05) is 141 Å². The predicted molar refractivity (Wildman–Crippen MR) is 217 cm³/mol. The number of carbonyl (C=O) groups is 2. The van der Waals surface area contributed by atoms with Crippen LogP contribution in [0.3, 0.4) is 0 Å². The normalized spacial score (nSPS) is 23.1. The van der Waals surface area contributed by atoms with Crippen molar-refractivity contribution in [1.82, 2.24) is 0 Å². The fourth-order valence-corrected chi connectivity index (χ4v) is 7.47. The second kappa shape index (κ2) is 33.2. The van der Waals surface area contributed by atoms with Crippen LogP contribution in [0.5, 0.6) is 0 Å². The van der Waals surface area contributed by atoms with Crippen LogP contribution in [0.4, 0.5) is 0 Å². The molecule has 1 fully saturated rings. The van der Waals surface area contributed by atoms with E-state index in [9.17, 15) is 44.6 Å². The molecule has 0 amide bonds. The topological polar surface area (TPSA) is 210 Å². The molecule has 0 radical (unpaired) electrons. The number of rotatable bonds is 35. The van der Waals surface area contributed by atoms with Crippen LogP contribution in [0.2, 0.25) is 0 Å². The Bertz CT molecular complexity index is 1090. The molecule has 0 aromatic carbocycles. The molecule has 6 N–H and O–H groups in total. The van der Waals surface area contributed by atoms with Crippen LogP contribution < -0.4 is 0 Å². The van der Waals surface area contributed by atoms with Gasteiger partial charge in [-0.3, -0.25) is 18.6 Å². The number of hydrogen-bond donors (Lipinski definition) is 6. The van der Waals surface area contributed by atoms with Crippen molar-refractivity contribution in [3.63, 3.8) is 0 Å². The maximum atomic E-state index is 12.8. The van der Waals surface area contributed by atoms with Gasteiger partial charge >= 0.3 is 19.8 Å². The Morgan fingerprint density at radius 1 is 0.554 bits per heavy atom. The number of ether oxygens (including phenoxy) is 2. The van der Waals surface area contributed by atoms with Gasteiger partial charge in [0.05, 0.1) is 6.61 Å². The first kappa shape index (κ1) is 52.3. The van der Waals surface area contributed by atoms with Crippen molar-refractivity contribution in [2.45, 2.75) is 217 Å². The second-order valence-corrected chi connectivity index (χ2v) is 16.6. The van der Waals surface area contributed by atoms with E-state index >= 15 is 0 Å². The standard InChI is InChI=1S/C42H77O13P/c1-3-5-7-9-11-13-15-17-18-19-21-23-25-27-29-31-36(44)54-34(32-52-35(43)30-28-26-24-22-20-16-14-12-10-8-6-4-2)33-53-56(50,51)55-42-40(48)38(46)37(45)39(47)41(42)49/h11,13,17-18,34,37-42,45-49H,3-10,12,14-16,19-33H2,1-2H3,(H,50,51)/b13-11-,18-17-/t34-,37?,38-,39?,40?,41?,42?/m1/s1. The fourth-order valence-electron chi connectivity index (χ4n) is 6.49. The lowest BCUT2D eigenvalue weighted by atomic mass is 9.85. The average Bonchev–Trinajstić information content (AvgIpc) is 3.18. The van der Waals surface area contributed by atoms with E-state index in [1.165, 1.54) is 70.6 Å². The van der Waals surface area contributed by atoms with E-state index < -0.39 is 75.7 Å². The molecule has 1 aliphatic rings. The Morgan fingerprint density at radius 3 is 1.48 bits per heavy atom. The quantitative estimate of drug-likeness (QED) is 0.0157. The van der Waals surface area contributed by atoms with Gasteiger partial charge in [0.1, 0.15) is 43.2 Å². The van der Waals surface area contributed by atoms with E-state index in [4.69, 9.17) is 18.5 Å². The molecule has 0 heterocycles. The third kappa shape index (κ3) is 25.6. The number of unbranched alkanes of at least 4 members (excludes halogenated alkanes) is 19. The monoisotopic (exact) mass is 821 g/mol. The highest BCUT2D eigenvalue weighted by Gasteiger charge is 2.51. The van der Waals surface area contributed by atoms with Gasteiger partial charge in [0.25, 0.3) is 0 Å². The summed E-state index contributed by atoms with van der Waals surface area (Å²) in [5.41, 5.74) is 0. The minimum absolute atomic E-state index is 0.0830. The lowest BCUT2D eigenvalue weighted by Crippen LogP contribution is -2.64. The predicted octanol–water partition coefficient (Wildman–Crippen LogP) is 7.67. The van der Waals surface area contributed by atoms with Crippen LogP contribution >= 0.6 is 7.82 Å². The molecule has 328 valence electrons. The number of esters is 2. The molecule has 8 atom stereocenters. The summed E-state index contributed by atoms with van der Waals surface area (Å²) in [6, 6.07) is 0. The molecular formula is C42H77O13P. The number of aliphatic hydroxyl groups is 5. The van der Waals surface area contributed by atoms with E-state index in [0.29, 0.717) is 12.8 Å². The van der Waals surface area contributed by atoms with Gasteiger partial charge in [-0.15, -0.1) is 0 Å². The molecule has 0 aromatic rings. The van der Waals surface area contributed by atoms with E-state index in [2.05, 4.69) is 38.2 Å². The van der Waals surface area contributed by atoms with Crippen molar-refractivity contribution < 1.29 is 63.1 Å². The van der Waals surface area contributed by atoms with Gasteiger partial charge in [-0.2, -0.15) is 0 Å². The average molecular weight is 821 g/mol. The number of phosphoric acid groups is 1. The Morgan fingerprint density at radius 2 is 0.964 bits per heavy atom. The van der Waals surface area contributed by atoms with E-state index in [1.807, 2.05) is 0 Å². The zero-order chi connectivity index (χ0) is 41.4. The summed E-state index contributed by atoms with van der Waals surface area (Å²) in [6.07, 6.45) is 20.9. The number of allylic oxidation sites excluding steroid dienone is 4. The molecule has 0 spiro atoms. The minimum atomic E-state index is -5.11. The van der Waals surface area contributed by atoms with E-state index in [-0.39, 0.29) is 12.8 Å². The van der Waals surface area contributed by atoms with Crippen molar-refractivity contribution in [2.24, 2.45) is 0 Å². The highest BCUT2D eigenvalue weighted by molar-refractivity contribution is 7.47. The lowest BCUT2D eigenvalue weighted by molar-refractivity contribution is -0.220. The molecular weight excluding hydrogens is 743 g/mol. The van der Waals surface area contributed by atoms with Gasteiger partial charge in [-0.05, 0) is 44.9 Å². The minimum Gasteiger partial charge on any atom is -0.462 e. The lowest BCUT2D eigenvalue weighted by Gasteiger charge is -2.41. The highest BCUT2D eigenvalue weighted by Crippen LogP contribution is 2.47. The number of carbonyl (C=O) groups excluding carboxylic acids is 2. The maximum absolute atomic E-state index is 12.8. The van der Waals surface area contributed by atoms with Gasteiger partial charge in [0.15, 0.2) is 6.10 Å². The largest absolute Gasteiger partial charge is 0.472 e. The zero-order valence-corrected chi connectivity index (χ0v) is 35.3. The molecule has 0 aliphatic heterocycles. The summed E-state index contributed by atoms with van der Waals surface area (Å²) in [5, 5.41) is 50.0. The summed E-state index contributed by atoms with van der Waals surface area (Å²) in [5.74, 6) is -1.11. The Hall–Kier alpha value is -1.67. The molecule has 0 aromatic heterocycles. The Balaban J connectivity index is 2.51. The van der Waals surface area contributed by atoms with Crippen molar-refractivity contribution >= 4 is 19.8 Å². The van der Waals surface area contributed by atoms with Crippen LogP contribution in [0.15, 0.2) is 24.3 Å². The first-order chi connectivity index (χ1) is 26.9. The van der Waals surface area contributed by atoms with Gasteiger partial charge in [0, 0.05) is 12.8 Å². The summed E-state index contributed by atoms with van der Waals surface area (Å²) < 4.78 is 33.4. The Labute approximate surface area is 336 Å². The SMILES string of the molecule is CCCCC/C=C\C/C=C\CCCCCCCC(=O)O[C@H](COC(=O)CCCCCCCCCCCCCC)COP(=O)(O)OC1C(O)C(O)C(O)[C@@H](O)C1O. The first-order valence-corrected chi connectivity index (χ1v) is 23.1. The molecule has 1 rings (SSSR count). The smallest absolute Gasteiger partial charge is 0.462 e. The van der Waals surface area contributed by atoms with Crippen molar-refractivity contribution in [3.8, 4) is 0 Å². The summed E-state index contributed by atoms with van der Waals surface area (Å²) >= 11 is 0. The van der Waals surface area contributed by atoms with Crippen LogP contribution in [-0.4, -0.2) is 98.3 Å². The molecule has 1 saturated carbocycles. The number of hydrogen-bond acceptors (Lipinski definition) is 12. The van der Waals surface area contributed by atoms with Gasteiger partial charge < -0.3 is 39.9 Å². The second-order valence-electron chi connectivity index (χ2n) is 15.2. The van der Waals surface area contributed by atoms with Crippen LogP contribution in [0.25, 0.3) is 0 Å². The maximum Gasteiger partial charge on any atom is 0.472 e. The van der Waals surface area contributed by atoms with Crippen LogP contribution in [0.1, 0.15) is 174 Å². The van der Waals surface area contributed by atoms with Crippen molar-refractivity contribution in [1.29, 1.82) is 0 Å². The molecule has 0 bridgehead atoms. The fraction of sp³-hybridized carbons (Fsp3) is 0.857. The molecule has 6 unspecified atom stereocenters. The highest BCUT2D eigenvalue weighted by atomic mass is 31.2. The summed E-state index contributed by atoms with van der Waals surface area (Å²) in [7, 11) is -5.11. The third-order valence-corrected chi connectivity index (χ3v) is 11.0. The third-order valence-electron chi connectivity index (χ3n) is 10.0. The summed E-state index contributed by atoms with van der Waals surface area (Å²) in [6.45, 7) is 3.24. The Kier molecular flexibility index (Phi) is 31.0. The molecule has 13 nitrogen and oxygen atoms in total. The van der Waals surface area contributed by atoms with Gasteiger partial charge in [0.2, 0.25) is 0 Å². The molecule has 56 heavy (non-hydrogen) atoms. The molecule has 1 aliphatic carbocycles.